The van der Waals surface area contributed by atoms with E-state index in [0.717, 1.165) is 42.3 Å². The van der Waals surface area contributed by atoms with Crippen molar-refractivity contribution in [3.8, 4) is 0 Å². The molecule has 1 amide bonds. The highest BCUT2D eigenvalue weighted by molar-refractivity contribution is 6.06. The molecule has 9 heteroatoms. The van der Waals surface area contributed by atoms with Crippen LogP contribution >= 0.6 is 0 Å². The number of likely N-dealkylation sites (tertiary alicyclic amines) is 1. The van der Waals surface area contributed by atoms with Crippen LogP contribution < -0.4 is 16.0 Å². The van der Waals surface area contributed by atoms with Gasteiger partial charge in [0.1, 0.15) is 0 Å². The summed E-state index contributed by atoms with van der Waals surface area (Å²) >= 11 is 0. The number of amides is 1. The third-order valence-electron chi connectivity index (χ3n) is 5.98. The number of carbonyl (C=O) groups excluding carboxylic acids is 1. The van der Waals surface area contributed by atoms with Crippen LogP contribution in [0.15, 0.2) is 30.6 Å². The minimum atomic E-state index is -0.519. The Kier molecular flexibility index (Phi) is 4.35. The molecule has 0 radical (unpaired) electrons. The van der Waals surface area contributed by atoms with Gasteiger partial charge < -0.3 is 20.9 Å². The Morgan fingerprint density at radius 3 is 3.00 bits per heavy atom. The lowest BCUT2D eigenvalue weighted by atomic mass is 9.86. The minimum absolute atomic E-state index is 0.00986. The summed E-state index contributed by atoms with van der Waals surface area (Å²) in [6, 6.07) is 6.18. The first-order valence-corrected chi connectivity index (χ1v) is 10.3. The van der Waals surface area contributed by atoms with Crippen molar-refractivity contribution in [3.63, 3.8) is 0 Å². The molecule has 156 valence electrons. The molecule has 3 aromatic rings. The van der Waals surface area contributed by atoms with Crippen LogP contribution in [0, 0.1) is 0 Å². The zero-order chi connectivity index (χ0) is 20.9. The fourth-order valence-corrected chi connectivity index (χ4v) is 4.25. The van der Waals surface area contributed by atoms with Gasteiger partial charge in [0, 0.05) is 36.4 Å². The summed E-state index contributed by atoms with van der Waals surface area (Å²) in [7, 11) is 2.14. The van der Waals surface area contributed by atoms with Crippen molar-refractivity contribution in [1.82, 2.24) is 24.5 Å². The summed E-state index contributed by atoms with van der Waals surface area (Å²) in [5, 5.41) is 14.3. The predicted octanol–water partition coefficient (Wildman–Crippen LogP) is 2.60. The van der Waals surface area contributed by atoms with Gasteiger partial charge in [-0.15, -0.1) is 5.10 Å². The molecule has 9 nitrogen and oxygen atoms in total. The van der Waals surface area contributed by atoms with E-state index in [1.165, 1.54) is 6.42 Å². The smallest absolute Gasteiger partial charge is 0.247 e. The standard InChI is InChI=1S/C21H26N8O/c1-21(2)15-7-6-13(11-16(15)25-19(21)30)24-20-26-18-17(22-8-10-29(18)27-20)23-14-5-4-9-28(3)12-14/h6-8,10-11,14H,4-5,9,12H2,1-3H3,(H,22,23)(H,24,27)(H,25,30). The van der Waals surface area contributed by atoms with Crippen molar-refractivity contribution in [2.45, 2.75) is 38.1 Å². The van der Waals surface area contributed by atoms with Crippen LogP contribution in [0.3, 0.4) is 0 Å². The van der Waals surface area contributed by atoms with Crippen LogP contribution in [0.2, 0.25) is 0 Å². The normalized spacial score (nSPS) is 20.8. The number of rotatable bonds is 4. The highest BCUT2D eigenvalue weighted by atomic mass is 16.2. The van der Waals surface area contributed by atoms with Gasteiger partial charge >= 0.3 is 0 Å². The number of hydrogen-bond donors (Lipinski definition) is 3. The van der Waals surface area contributed by atoms with E-state index in [1.54, 1.807) is 16.9 Å². The van der Waals surface area contributed by atoms with Gasteiger partial charge in [0.05, 0.1) is 5.41 Å². The van der Waals surface area contributed by atoms with Gasteiger partial charge in [-0.2, -0.15) is 4.98 Å². The Morgan fingerprint density at radius 2 is 2.17 bits per heavy atom. The van der Waals surface area contributed by atoms with Crippen molar-refractivity contribution in [3.05, 3.63) is 36.2 Å². The number of nitrogens with one attached hydrogen (secondary N) is 3. The SMILES string of the molecule is CN1CCCC(Nc2nccn3nc(Nc4ccc5c(c4)NC(=O)C5(C)C)nc23)C1. The van der Waals surface area contributed by atoms with Crippen molar-refractivity contribution in [2.24, 2.45) is 0 Å². The molecule has 5 rings (SSSR count). The van der Waals surface area contributed by atoms with Crippen LogP contribution in [0.25, 0.3) is 5.65 Å². The van der Waals surface area contributed by atoms with E-state index < -0.39 is 5.41 Å². The Hall–Kier alpha value is -3.20. The molecule has 4 heterocycles. The highest BCUT2D eigenvalue weighted by Crippen LogP contribution is 2.38. The number of aromatic nitrogens is 4. The maximum absolute atomic E-state index is 12.2. The van der Waals surface area contributed by atoms with Crippen LogP contribution in [0.5, 0.6) is 0 Å². The summed E-state index contributed by atoms with van der Waals surface area (Å²) < 4.78 is 1.72. The molecule has 0 saturated carbocycles. The molecule has 1 fully saturated rings. The van der Waals surface area contributed by atoms with Crippen LogP contribution in [0.1, 0.15) is 32.3 Å². The van der Waals surface area contributed by atoms with E-state index in [4.69, 9.17) is 0 Å². The minimum Gasteiger partial charge on any atom is -0.363 e. The number of nitrogens with zero attached hydrogens (tertiary/aromatic N) is 5. The molecule has 1 unspecified atom stereocenters. The van der Waals surface area contributed by atoms with E-state index in [-0.39, 0.29) is 5.91 Å². The van der Waals surface area contributed by atoms with Gasteiger partial charge in [-0.05, 0) is 58.0 Å². The number of carbonyl (C=O) groups is 1. The van der Waals surface area contributed by atoms with Crippen molar-refractivity contribution in [1.29, 1.82) is 0 Å². The molecule has 2 aliphatic heterocycles. The van der Waals surface area contributed by atoms with Gasteiger partial charge in [0.15, 0.2) is 11.5 Å². The van der Waals surface area contributed by atoms with E-state index >= 15 is 0 Å². The first-order chi connectivity index (χ1) is 14.4. The first kappa shape index (κ1) is 18.8. The second-order valence-corrected chi connectivity index (χ2v) is 8.69. The zero-order valence-corrected chi connectivity index (χ0v) is 17.4. The van der Waals surface area contributed by atoms with E-state index in [0.29, 0.717) is 17.6 Å². The number of hydrogen-bond acceptors (Lipinski definition) is 7. The zero-order valence-electron chi connectivity index (χ0n) is 17.4. The molecule has 0 aliphatic carbocycles. The molecule has 2 aromatic heterocycles. The lowest BCUT2D eigenvalue weighted by Crippen LogP contribution is -2.40. The number of anilines is 4. The molecule has 1 atom stereocenters. The van der Waals surface area contributed by atoms with Crippen LogP contribution in [-0.4, -0.2) is 56.6 Å². The molecule has 0 spiro atoms. The molecule has 1 aromatic carbocycles. The molecular formula is C21H26N8O. The van der Waals surface area contributed by atoms with Crippen LogP contribution in [0.4, 0.5) is 23.1 Å². The van der Waals surface area contributed by atoms with Crippen molar-refractivity contribution in [2.75, 3.05) is 36.1 Å². The van der Waals surface area contributed by atoms with Crippen molar-refractivity contribution >= 4 is 34.7 Å². The Bertz CT molecular complexity index is 1120. The molecule has 2 aliphatic rings. The number of benzene rings is 1. The first-order valence-electron chi connectivity index (χ1n) is 10.3. The van der Waals surface area contributed by atoms with E-state index in [1.807, 2.05) is 32.0 Å². The van der Waals surface area contributed by atoms with Gasteiger partial charge in [-0.25, -0.2) is 9.50 Å². The third kappa shape index (κ3) is 3.24. The highest BCUT2D eigenvalue weighted by Gasteiger charge is 2.38. The van der Waals surface area contributed by atoms with Gasteiger partial charge in [0.25, 0.3) is 0 Å². The summed E-state index contributed by atoms with van der Waals surface area (Å²) in [6.07, 6.45) is 5.80. The maximum atomic E-state index is 12.2. The summed E-state index contributed by atoms with van der Waals surface area (Å²) in [4.78, 5) is 23.6. The largest absolute Gasteiger partial charge is 0.363 e. The Balaban J connectivity index is 1.39. The molecule has 3 N–H and O–H groups in total. The number of fused-ring (bicyclic) bond motifs is 2. The predicted molar refractivity (Wildman–Crippen MR) is 116 cm³/mol. The summed E-state index contributed by atoms with van der Waals surface area (Å²) in [5.74, 6) is 1.23. The maximum Gasteiger partial charge on any atom is 0.247 e. The average Bonchev–Trinajstić information content (AvgIpc) is 3.20. The molecule has 30 heavy (non-hydrogen) atoms. The molecule has 1 saturated heterocycles. The summed E-state index contributed by atoms with van der Waals surface area (Å²) in [6.45, 7) is 5.97. The lowest BCUT2D eigenvalue weighted by Gasteiger charge is -2.30. The third-order valence-corrected chi connectivity index (χ3v) is 5.98. The monoisotopic (exact) mass is 406 g/mol. The molecular weight excluding hydrogens is 380 g/mol. The number of piperidine rings is 1. The van der Waals surface area contributed by atoms with E-state index in [9.17, 15) is 4.79 Å². The fourth-order valence-electron chi connectivity index (χ4n) is 4.25. The lowest BCUT2D eigenvalue weighted by molar-refractivity contribution is -0.119. The van der Waals surface area contributed by atoms with Crippen molar-refractivity contribution < 1.29 is 4.79 Å². The fraction of sp³-hybridized carbons (Fsp3) is 0.429. The van der Waals surface area contributed by atoms with E-state index in [2.05, 4.69) is 43.0 Å². The Morgan fingerprint density at radius 1 is 1.30 bits per heavy atom. The second kappa shape index (κ2) is 6.94. The topological polar surface area (TPSA) is 99.5 Å². The average molecular weight is 406 g/mol. The summed E-state index contributed by atoms with van der Waals surface area (Å²) in [5.41, 5.74) is 2.80. The Labute approximate surface area is 174 Å². The van der Waals surface area contributed by atoms with Gasteiger partial charge in [0.2, 0.25) is 11.9 Å². The molecule has 0 bridgehead atoms. The van der Waals surface area contributed by atoms with Crippen LogP contribution in [-0.2, 0) is 10.2 Å². The van der Waals surface area contributed by atoms with Gasteiger partial charge in [-0.1, -0.05) is 6.07 Å². The number of likely N-dealkylation sites (N-methyl/N-ethyl adjacent to an activating group) is 1. The second-order valence-electron chi connectivity index (χ2n) is 8.69. The van der Waals surface area contributed by atoms with Gasteiger partial charge in [-0.3, -0.25) is 4.79 Å². The quantitative estimate of drug-likeness (QED) is 0.612.